The van der Waals surface area contributed by atoms with Crippen molar-refractivity contribution in [1.82, 2.24) is 24.5 Å². The standard InChI is InChI=1S/C20H18ClN7.H3O4P/c1-12-14(3)28(11-25-12)19-7-4-15(9-22-19)13(2)26-27-20-17-6-5-16(21)8-18(17)23-10-24-20;1-5(2,3)4/h4-11H,1-3H3,(H,23,24,27);(H3,1,2,3,4)/b26-13+;. The molecule has 0 spiro atoms. The number of halogens is 1. The summed E-state index contributed by atoms with van der Waals surface area (Å²) in [6.45, 7) is 5.91. The molecule has 4 N–H and O–H groups in total. The number of aromatic nitrogens is 5. The van der Waals surface area contributed by atoms with Crippen molar-refractivity contribution in [2.45, 2.75) is 20.8 Å². The van der Waals surface area contributed by atoms with E-state index in [4.69, 9.17) is 30.8 Å². The fraction of sp³-hybridized carbons (Fsp3) is 0.150. The van der Waals surface area contributed by atoms with Crippen molar-refractivity contribution < 1.29 is 19.2 Å². The highest BCUT2D eigenvalue weighted by Crippen LogP contribution is 2.26. The van der Waals surface area contributed by atoms with Gasteiger partial charge in [0.1, 0.15) is 18.5 Å². The van der Waals surface area contributed by atoms with Gasteiger partial charge >= 0.3 is 7.82 Å². The maximum absolute atomic E-state index is 8.88. The second-order valence-electron chi connectivity index (χ2n) is 6.90. The Balaban J connectivity index is 0.000000555. The number of imidazole rings is 1. The molecule has 33 heavy (non-hydrogen) atoms. The van der Waals surface area contributed by atoms with Crippen LogP contribution in [-0.4, -0.2) is 44.9 Å². The second-order valence-corrected chi connectivity index (χ2v) is 8.36. The molecule has 3 aromatic heterocycles. The fourth-order valence-electron chi connectivity index (χ4n) is 2.79. The number of hydrazone groups is 1. The number of anilines is 1. The number of phosphoric acid groups is 1. The van der Waals surface area contributed by atoms with E-state index in [-0.39, 0.29) is 0 Å². The highest BCUT2D eigenvalue weighted by atomic mass is 35.5. The zero-order valence-electron chi connectivity index (χ0n) is 17.9. The molecule has 4 aromatic rings. The van der Waals surface area contributed by atoms with E-state index in [0.717, 1.165) is 39.4 Å². The van der Waals surface area contributed by atoms with Crippen molar-refractivity contribution in [2.24, 2.45) is 5.10 Å². The molecule has 0 aliphatic carbocycles. The fourth-order valence-corrected chi connectivity index (χ4v) is 2.96. The highest BCUT2D eigenvalue weighted by molar-refractivity contribution is 7.45. The van der Waals surface area contributed by atoms with Crippen molar-refractivity contribution in [1.29, 1.82) is 0 Å². The molecule has 0 aliphatic rings. The molecule has 11 nitrogen and oxygen atoms in total. The van der Waals surface area contributed by atoms with Gasteiger partial charge in [0.2, 0.25) is 0 Å². The van der Waals surface area contributed by atoms with Crippen LogP contribution in [0, 0.1) is 13.8 Å². The summed E-state index contributed by atoms with van der Waals surface area (Å²) < 4.78 is 10.8. The SMILES string of the molecule is C/C(=N\Nc1ncnc2cc(Cl)ccc12)c1ccc(-n2cnc(C)c2C)nc1.O=P(O)(O)O. The van der Waals surface area contributed by atoms with Crippen molar-refractivity contribution in [3.63, 3.8) is 0 Å². The predicted octanol–water partition coefficient (Wildman–Crippen LogP) is 3.39. The number of rotatable bonds is 4. The molecule has 13 heteroatoms. The van der Waals surface area contributed by atoms with E-state index in [1.807, 2.05) is 43.5 Å². The summed E-state index contributed by atoms with van der Waals surface area (Å²) in [5, 5.41) is 5.93. The molecule has 0 atom stereocenters. The van der Waals surface area contributed by atoms with Crippen molar-refractivity contribution in [2.75, 3.05) is 5.43 Å². The van der Waals surface area contributed by atoms with Gasteiger partial charge < -0.3 is 14.7 Å². The minimum atomic E-state index is -4.64. The van der Waals surface area contributed by atoms with Gasteiger partial charge in [-0.05, 0) is 51.1 Å². The molecular formula is C20H21ClN7O4P. The summed E-state index contributed by atoms with van der Waals surface area (Å²) >= 11 is 6.03. The van der Waals surface area contributed by atoms with Gasteiger partial charge in [0.25, 0.3) is 0 Å². The number of nitrogens with one attached hydrogen (secondary N) is 1. The summed E-state index contributed by atoms with van der Waals surface area (Å²) in [6.07, 6.45) is 5.06. The Morgan fingerprint density at radius 3 is 2.42 bits per heavy atom. The molecule has 0 bridgehead atoms. The Bertz CT molecular complexity index is 1340. The molecule has 4 rings (SSSR count). The van der Waals surface area contributed by atoms with Crippen LogP contribution in [0.25, 0.3) is 16.7 Å². The third kappa shape index (κ3) is 6.64. The quantitative estimate of drug-likeness (QED) is 0.191. The molecule has 0 saturated heterocycles. The van der Waals surface area contributed by atoms with Gasteiger partial charge in [0.15, 0.2) is 5.82 Å². The third-order valence-electron chi connectivity index (χ3n) is 4.59. The van der Waals surface area contributed by atoms with Crippen LogP contribution in [0.15, 0.2) is 54.3 Å². The first-order chi connectivity index (χ1) is 15.5. The summed E-state index contributed by atoms with van der Waals surface area (Å²) in [7, 11) is -4.64. The van der Waals surface area contributed by atoms with Gasteiger partial charge in [0, 0.05) is 27.9 Å². The number of nitrogens with zero attached hydrogens (tertiary/aromatic N) is 6. The van der Waals surface area contributed by atoms with Gasteiger partial charge in [-0.25, -0.2) is 24.5 Å². The Kier molecular flexibility index (Phi) is 7.52. The first-order valence-corrected chi connectivity index (χ1v) is 11.4. The largest absolute Gasteiger partial charge is 0.466 e. The molecule has 0 amide bonds. The Morgan fingerprint density at radius 2 is 1.82 bits per heavy atom. The Morgan fingerprint density at radius 1 is 1.09 bits per heavy atom. The Hall–Kier alpha value is -3.21. The van der Waals surface area contributed by atoms with Crippen LogP contribution >= 0.6 is 19.4 Å². The van der Waals surface area contributed by atoms with Crippen LogP contribution < -0.4 is 5.43 Å². The third-order valence-corrected chi connectivity index (χ3v) is 4.83. The van der Waals surface area contributed by atoms with E-state index in [0.29, 0.717) is 10.8 Å². The summed E-state index contributed by atoms with van der Waals surface area (Å²) in [4.78, 5) is 38.9. The van der Waals surface area contributed by atoms with E-state index in [2.05, 4.69) is 30.5 Å². The van der Waals surface area contributed by atoms with Crippen LogP contribution in [0.5, 0.6) is 0 Å². The lowest BCUT2D eigenvalue weighted by Gasteiger charge is -2.07. The lowest BCUT2D eigenvalue weighted by Crippen LogP contribution is -2.04. The van der Waals surface area contributed by atoms with Crippen molar-refractivity contribution in [3.8, 4) is 5.82 Å². The van der Waals surface area contributed by atoms with Crippen molar-refractivity contribution in [3.05, 3.63) is 71.2 Å². The van der Waals surface area contributed by atoms with Crippen LogP contribution in [0.2, 0.25) is 5.02 Å². The predicted molar refractivity (Wildman–Crippen MR) is 125 cm³/mol. The van der Waals surface area contributed by atoms with E-state index >= 15 is 0 Å². The number of pyridine rings is 1. The average Bonchev–Trinajstić information content (AvgIpc) is 3.09. The zero-order valence-corrected chi connectivity index (χ0v) is 19.5. The van der Waals surface area contributed by atoms with E-state index in [1.165, 1.54) is 6.33 Å². The number of aryl methyl sites for hydroxylation is 1. The number of hydrogen-bond donors (Lipinski definition) is 4. The summed E-state index contributed by atoms with van der Waals surface area (Å²) in [6, 6.07) is 9.40. The molecular weight excluding hydrogens is 469 g/mol. The molecule has 3 heterocycles. The van der Waals surface area contributed by atoms with Crippen molar-refractivity contribution >= 4 is 41.9 Å². The number of benzene rings is 1. The van der Waals surface area contributed by atoms with E-state index in [1.54, 1.807) is 24.7 Å². The minimum Gasteiger partial charge on any atom is -0.303 e. The van der Waals surface area contributed by atoms with Crippen LogP contribution in [0.3, 0.4) is 0 Å². The number of fused-ring (bicyclic) bond motifs is 1. The smallest absolute Gasteiger partial charge is 0.303 e. The molecule has 0 fully saturated rings. The lowest BCUT2D eigenvalue weighted by molar-refractivity contribution is 0.275. The van der Waals surface area contributed by atoms with Gasteiger partial charge in [-0.3, -0.25) is 9.99 Å². The highest BCUT2D eigenvalue weighted by Gasteiger charge is 2.07. The lowest BCUT2D eigenvalue weighted by atomic mass is 10.2. The normalized spacial score (nSPS) is 11.8. The average molecular weight is 490 g/mol. The summed E-state index contributed by atoms with van der Waals surface area (Å²) in [5.41, 5.74) is 7.54. The minimum absolute atomic E-state index is 0.620. The number of hydrogen-bond acceptors (Lipinski definition) is 7. The van der Waals surface area contributed by atoms with Gasteiger partial charge in [-0.1, -0.05) is 11.6 Å². The molecule has 172 valence electrons. The first-order valence-electron chi connectivity index (χ1n) is 9.49. The van der Waals surface area contributed by atoms with Gasteiger partial charge in [-0.15, -0.1) is 0 Å². The monoisotopic (exact) mass is 489 g/mol. The van der Waals surface area contributed by atoms with Crippen LogP contribution in [0.1, 0.15) is 23.9 Å². The zero-order chi connectivity index (χ0) is 24.2. The molecule has 0 saturated carbocycles. The molecule has 1 aromatic carbocycles. The molecule has 0 unspecified atom stereocenters. The topological polar surface area (TPSA) is 159 Å². The first kappa shape index (κ1) is 24.4. The maximum atomic E-state index is 8.88. The van der Waals surface area contributed by atoms with Crippen LogP contribution in [-0.2, 0) is 4.57 Å². The van der Waals surface area contributed by atoms with E-state index < -0.39 is 7.82 Å². The summed E-state index contributed by atoms with van der Waals surface area (Å²) in [5.74, 6) is 1.44. The van der Waals surface area contributed by atoms with Crippen LogP contribution in [0.4, 0.5) is 5.82 Å². The molecule has 0 radical (unpaired) electrons. The van der Waals surface area contributed by atoms with Gasteiger partial charge in [-0.2, -0.15) is 5.10 Å². The molecule has 0 aliphatic heterocycles. The van der Waals surface area contributed by atoms with Gasteiger partial charge in [0.05, 0.1) is 16.9 Å². The second kappa shape index (κ2) is 10.2. The van der Waals surface area contributed by atoms with E-state index in [9.17, 15) is 0 Å². The Labute approximate surface area is 194 Å². The maximum Gasteiger partial charge on any atom is 0.466 e.